The second-order valence-corrected chi connectivity index (χ2v) is 3.81. The van der Waals surface area contributed by atoms with E-state index in [1.165, 1.54) is 6.07 Å². The predicted molar refractivity (Wildman–Crippen MR) is 53.1 cm³/mol. The van der Waals surface area contributed by atoms with Crippen molar-refractivity contribution in [1.82, 2.24) is 0 Å². The molecule has 1 aliphatic rings. The van der Waals surface area contributed by atoms with Crippen molar-refractivity contribution < 1.29 is 19.7 Å². The van der Waals surface area contributed by atoms with Gasteiger partial charge in [0.15, 0.2) is 0 Å². The molecule has 1 aliphatic heterocycles. The van der Waals surface area contributed by atoms with Crippen LogP contribution in [0.15, 0.2) is 6.07 Å². The molecule has 4 heteroatoms. The van der Waals surface area contributed by atoms with Gasteiger partial charge in [-0.2, -0.15) is 0 Å². The maximum Gasteiger partial charge on any atom is 0.342 e. The number of hydrogen-bond acceptors (Lipinski definition) is 4. The second kappa shape index (κ2) is 3.15. The molecule has 0 spiro atoms. The Balaban J connectivity index is 2.69. The molecule has 2 N–H and O–H groups in total. The van der Waals surface area contributed by atoms with Gasteiger partial charge in [0.2, 0.25) is 0 Å². The molecule has 4 nitrogen and oxygen atoms in total. The summed E-state index contributed by atoms with van der Waals surface area (Å²) in [6, 6.07) is 1.17. The van der Waals surface area contributed by atoms with Crippen LogP contribution in [0.3, 0.4) is 0 Å². The van der Waals surface area contributed by atoms with Crippen LogP contribution in [0.4, 0.5) is 0 Å². The van der Waals surface area contributed by atoms with Gasteiger partial charge in [-0.3, -0.25) is 0 Å². The molecule has 1 aromatic rings. The van der Waals surface area contributed by atoms with Crippen molar-refractivity contribution in [3.63, 3.8) is 0 Å². The Morgan fingerprint density at radius 2 is 2.07 bits per heavy atom. The maximum atomic E-state index is 11.5. The average molecular weight is 208 g/mol. The Morgan fingerprint density at radius 1 is 1.40 bits per heavy atom. The summed E-state index contributed by atoms with van der Waals surface area (Å²) >= 11 is 0. The fourth-order valence-electron chi connectivity index (χ4n) is 1.86. The fraction of sp³-hybridized carbons (Fsp3) is 0.364. The van der Waals surface area contributed by atoms with Crippen molar-refractivity contribution in [2.24, 2.45) is 0 Å². The summed E-state index contributed by atoms with van der Waals surface area (Å²) in [7, 11) is 0. The third kappa shape index (κ3) is 1.42. The molecular weight excluding hydrogens is 196 g/mol. The van der Waals surface area contributed by atoms with Crippen LogP contribution in [0.5, 0.6) is 11.5 Å². The van der Waals surface area contributed by atoms with Crippen molar-refractivity contribution in [1.29, 1.82) is 0 Å². The number of aromatic hydroxyl groups is 2. The van der Waals surface area contributed by atoms with E-state index in [-0.39, 0.29) is 23.2 Å². The van der Waals surface area contributed by atoms with E-state index in [0.29, 0.717) is 17.5 Å². The molecule has 0 unspecified atom stereocenters. The predicted octanol–water partition coefficient (Wildman–Crippen LogP) is 1.51. The standard InChI is InChI=1S/C11H12O4/c1-5-3-7-6(2)8(12)4-9(13)10(7)11(14)15-5/h4-5,12-13H,3H2,1-2H3/t5-/m1/s1. The molecule has 0 fully saturated rings. The minimum absolute atomic E-state index is 0.00755. The van der Waals surface area contributed by atoms with E-state index >= 15 is 0 Å². The summed E-state index contributed by atoms with van der Waals surface area (Å²) < 4.78 is 5.01. The number of ether oxygens (including phenoxy) is 1. The van der Waals surface area contributed by atoms with Gasteiger partial charge in [0.05, 0.1) is 0 Å². The zero-order valence-electron chi connectivity index (χ0n) is 8.57. The van der Waals surface area contributed by atoms with Crippen molar-refractivity contribution in [2.75, 3.05) is 0 Å². The summed E-state index contributed by atoms with van der Waals surface area (Å²) in [5, 5.41) is 19.1. The van der Waals surface area contributed by atoms with Gasteiger partial charge in [-0.05, 0) is 25.0 Å². The number of hydrogen-bond donors (Lipinski definition) is 2. The van der Waals surface area contributed by atoms with Crippen molar-refractivity contribution in [2.45, 2.75) is 26.4 Å². The zero-order chi connectivity index (χ0) is 11.2. The molecule has 0 bridgehead atoms. The Kier molecular flexibility index (Phi) is 2.07. The summed E-state index contributed by atoms with van der Waals surface area (Å²) in [4.78, 5) is 11.5. The topological polar surface area (TPSA) is 66.8 Å². The molecule has 0 radical (unpaired) electrons. The minimum atomic E-state index is -0.524. The highest BCUT2D eigenvalue weighted by Gasteiger charge is 2.29. The summed E-state index contributed by atoms with van der Waals surface area (Å²) in [6.07, 6.45) is 0.305. The molecule has 0 aromatic heterocycles. The number of carbonyl (C=O) groups is 1. The Morgan fingerprint density at radius 3 is 2.73 bits per heavy atom. The molecule has 0 saturated carbocycles. The van der Waals surface area contributed by atoms with E-state index in [4.69, 9.17) is 4.74 Å². The van der Waals surface area contributed by atoms with E-state index < -0.39 is 5.97 Å². The zero-order valence-corrected chi connectivity index (χ0v) is 8.57. The van der Waals surface area contributed by atoms with Gasteiger partial charge in [-0.25, -0.2) is 4.79 Å². The van der Waals surface area contributed by atoms with Gasteiger partial charge in [-0.15, -0.1) is 0 Å². The van der Waals surface area contributed by atoms with Crippen LogP contribution >= 0.6 is 0 Å². The molecule has 0 aliphatic carbocycles. The lowest BCUT2D eigenvalue weighted by atomic mass is 9.93. The first-order valence-corrected chi connectivity index (χ1v) is 4.76. The molecule has 80 valence electrons. The van der Waals surface area contributed by atoms with Gasteiger partial charge in [0.1, 0.15) is 23.2 Å². The number of benzene rings is 1. The summed E-state index contributed by atoms with van der Waals surface area (Å²) in [5.41, 5.74) is 1.49. The van der Waals surface area contributed by atoms with Crippen LogP contribution in [0.25, 0.3) is 0 Å². The largest absolute Gasteiger partial charge is 0.508 e. The van der Waals surface area contributed by atoms with Gasteiger partial charge >= 0.3 is 5.97 Å². The Hall–Kier alpha value is -1.71. The minimum Gasteiger partial charge on any atom is -0.508 e. The van der Waals surface area contributed by atoms with E-state index in [0.717, 1.165) is 0 Å². The number of phenolic OH excluding ortho intramolecular Hbond substituents is 2. The molecule has 2 rings (SSSR count). The smallest absolute Gasteiger partial charge is 0.342 e. The van der Waals surface area contributed by atoms with Gasteiger partial charge in [0, 0.05) is 12.5 Å². The van der Waals surface area contributed by atoms with E-state index in [2.05, 4.69) is 0 Å². The second-order valence-electron chi connectivity index (χ2n) is 3.81. The third-order valence-corrected chi connectivity index (χ3v) is 2.67. The normalized spacial score (nSPS) is 19.6. The van der Waals surface area contributed by atoms with Crippen LogP contribution in [0.2, 0.25) is 0 Å². The molecular formula is C11H12O4. The molecule has 1 heterocycles. The van der Waals surface area contributed by atoms with Crippen molar-refractivity contribution >= 4 is 5.97 Å². The van der Waals surface area contributed by atoms with Crippen LogP contribution in [0.1, 0.15) is 28.4 Å². The monoisotopic (exact) mass is 208 g/mol. The molecule has 0 saturated heterocycles. The molecule has 15 heavy (non-hydrogen) atoms. The summed E-state index contributed by atoms with van der Waals surface area (Å²) in [6.45, 7) is 3.50. The first kappa shape index (κ1) is 9.83. The lowest BCUT2D eigenvalue weighted by Gasteiger charge is -2.24. The van der Waals surface area contributed by atoms with Crippen molar-refractivity contribution in [3.8, 4) is 11.5 Å². The molecule has 0 amide bonds. The number of esters is 1. The molecule has 1 atom stereocenters. The number of carbonyl (C=O) groups excluding carboxylic acids is 1. The van der Waals surface area contributed by atoms with Crippen LogP contribution in [-0.2, 0) is 11.2 Å². The average Bonchev–Trinajstić information content (AvgIpc) is 2.12. The number of fused-ring (bicyclic) bond motifs is 1. The quantitative estimate of drug-likeness (QED) is 0.634. The molecule has 1 aromatic carbocycles. The lowest BCUT2D eigenvalue weighted by Crippen LogP contribution is -2.26. The van der Waals surface area contributed by atoms with Crippen LogP contribution in [-0.4, -0.2) is 22.3 Å². The van der Waals surface area contributed by atoms with E-state index in [1.54, 1.807) is 13.8 Å². The number of phenols is 2. The van der Waals surface area contributed by atoms with Gasteiger partial charge in [-0.1, -0.05) is 0 Å². The first-order chi connectivity index (χ1) is 7.00. The Labute approximate surface area is 87.1 Å². The Bertz CT molecular complexity index is 437. The SMILES string of the molecule is Cc1c(O)cc(O)c2c1C[C@@H](C)OC2=O. The van der Waals surface area contributed by atoms with Crippen LogP contribution in [0, 0.1) is 6.92 Å². The van der Waals surface area contributed by atoms with E-state index in [9.17, 15) is 15.0 Å². The number of rotatable bonds is 0. The third-order valence-electron chi connectivity index (χ3n) is 2.67. The summed E-state index contributed by atoms with van der Waals surface area (Å²) in [5.74, 6) is -0.734. The highest BCUT2D eigenvalue weighted by atomic mass is 16.5. The fourth-order valence-corrected chi connectivity index (χ4v) is 1.86. The lowest BCUT2D eigenvalue weighted by molar-refractivity contribution is 0.0296. The highest BCUT2D eigenvalue weighted by Crippen LogP contribution is 2.35. The number of cyclic esters (lactones) is 1. The highest BCUT2D eigenvalue weighted by molar-refractivity contribution is 5.96. The van der Waals surface area contributed by atoms with Gasteiger partial charge < -0.3 is 14.9 Å². The van der Waals surface area contributed by atoms with E-state index in [1.807, 2.05) is 0 Å². The van der Waals surface area contributed by atoms with Gasteiger partial charge in [0.25, 0.3) is 0 Å². The maximum absolute atomic E-state index is 11.5. The van der Waals surface area contributed by atoms with Crippen molar-refractivity contribution in [3.05, 3.63) is 22.8 Å². The van der Waals surface area contributed by atoms with Crippen LogP contribution < -0.4 is 0 Å². The first-order valence-electron chi connectivity index (χ1n) is 4.76.